The highest BCUT2D eigenvalue weighted by atomic mass is 15.0. The van der Waals surface area contributed by atoms with Crippen LogP contribution in [-0.2, 0) is 0 Å². The van der Waals surface area contributed by atoms with E-state index >= 15 is 0 Å². The Labute approximate surface area is 122 Å². The number of unbranched alkanes of at least 4 members (excludes halogenated alkanes) is 1. The summed E-state index contributed by atoms with van der Waals surface area (Å²) >= 11 is 0. The van der Waals surface area contributed by atoms with Crippen LogP contribution in [0.25, 0.3) is 11.4 Å². The zero-order valence-electron chi connectivity index (χ0n) is 12.9. The highest BCUT2D eigenvalue weighted by Crippen LogP contribution is 2.21. The summed E-state index contributed by atoms with van der Waals surface area (Å²) in [6.45, 7) is 6.58. The summed E-state index contributed by atoms with van der Waals surface area (Å²) in [5.41, 5.74) is 3.48. The molecular weight excluding hydrogens is 246 g/mol. The molecule has 110 valence electrons. The third-order valence-electron chi connectivity index (χ3n) is 3.71. The van der Waals surface area contributed by atoms with Crippen LogP contribution >= 0.6 is 0 Å². The van der Waals surface area contributed by atoms with Gasteiger partial charge in [0, 0.05) is 11.7 Å². The van der Waals surface area contributed by atoms with Crippen LogP contribution in [0.1, 0.15) is 51.6 Å². The van der Waals surface area contributed by atoms with Crippen LogP contribution < -0.4 is 5.32 Å². The third kappa shape index (κ3) is 3.92. The number of aromatic nitrogens is 2. The lowest BCUT2D eigenvalue weighted by molar-refractivity contribution is 0.563. The lowest BCUT2D eigenvalue weighted by Crippen LogP contribution is -2.19. The molecule has 0 spiro atoms. The Morgan fingerprint density at radius 3 is 2.35 bits per heavy atom. The molecule has 0 aliphatic carbocycles. The highest BCUT2D eigenvalue weighted by molar-refractivity contribution is 5.60. The SMILES string of the molecule is CCCCC(CCC)Nc1ccc(-c2ccc(C)[nH]2)[nH]1. The van der Waals surface area contributed by atoms with Crippen molar-refractivity contribution in [2.45, 2.75) is 58.9 Å². The number of H-pyrrole nitrogens is 2. The Morgan fingerprint density at radius 2 is 1.70 bits per heavy atom. The zero-order valence-corrected chi connectivity index (χ0v) is 12.9. The van der Waals surface area contributed by atoms with Crippen molar-refractivity contribution in [1.82, 2.24) is 9.97 Å². The van der Waals surface area contributed by atoms with E-state index in [9.17, 15) is 0 Å². The van der Waals surface area contributed by atoms with Gasteiger partial charge in [-0.2, -0.15) is 0 Å². The number of nitrogens with one attached hydrogen (secondary N) is 3. The quantitative estimate of drug-likeness (QED) is 0.616. The molecule has 1 atom stereocenters. The van der Waals surface area contributed by atoms with Gasteiger partial charge in [-0.3, -0.25) is 0 Å². The van der Waals surface area contributed by atoms with Gasteiger partial charge in [0.05, 0.1) is 11.4 Å². The van der Waals surface area contributed by atoms with E-state index in [0.29, 0.717) is 6.04 Å². The second kappa shape index (κ2) is 7.22. The van der Waals surface area contributed by atoms with Crippen molar-refractivity contribution in [3.63, 3.8) is 0 Å². The molecule has 20 heavy (non-hydrogen) atoms. The summed E-state index contributed by atoms with van der Waals surface area (Å²) in [5.74, 6) is 1.13. The smallest absolute Gasteiger partial charge is 0.103 e. The Morgan fingerprint density at radius 1 is 0.950 bits per heavy atom. The van der Waals surface area contributed by atoms with E-state index in [1.54, 1.807) is 0 Å². The van der Waals surface area contributed by atoms with Crippen molar-refractivity contribution in [3.8, 4) is 11.4 Å². The molecule has 2 aromatic heterocycles. The van der Waals surface area contributed by atoms with E-state index in [2.05, 4.69) is 60.3 Å². The van der Waals surface area contributed by atoms with Gasteiger partial charge in [-0.25, -0.2) is 0 Å². The molecule has 2 heterocycles. The van der Waals surface area contributed by atoms with E-state index < -0.39 is 0 Å². The minimum Gasteiger partial charge on any atom is -0.369 e. The Hall–Kier alpha value is -1.64. The first kappa shape index (κ1) is 14.8. The fourth-order valence-electron chi connectivity index (χ4n) is 2.61. The summed E-state index contributed by atoms with van der Waals surface area (Å²) in [5, 5.41) is 3.64. The Balaban J connectivity index is 2.00. The van der Waals surface area contributed by atoms with Crippen LogP contribution in [0.3, 0.4) is 0 Å². The number of hydrogen-bond acceptors (Lipinski definition) is 1. The van der Waals surface area contributed by atoms with Gasteiger partial charge in [-0.1, -0.05) is 33.1 Å². The zero-order chi connectivity index (χ0) is 14.4. The van der Waals surface area contributed by atoms with Gasteiger partial charge >= 0.3 is 0 Å². The first-order chi connectivity index (χ1) is 9.72. The number of rotatable bonds is 8. The molecule has 0 radical (unpaired) electrons. The van der Waals surface area contributed by atoms with Gasteiger partial charge in [0.1, 0.15) is 5.82 Å². The van der Waals surface area contributed by atoms with Crippen molar-refractivity contribution in [2.75, 3.05) is 5.32 Å². The summed E-state index contributed by atoms with van der Waals surface area (Å²) < 4.78 is 0. The molecule has 1 unspecified atom stereocenters. The van der Waals surface area contributed by atoms with Crippen molar-refractivity contribution < 1.29 is 0 Å². The Bertz CT molecular complexity index is 510. The number of anilines is 1. The maximum atomic E-state index is 3.64. The van der Waals surface area contributed by atoms with Gasteiger partial charge < -0.3 is 15.3 Å². The summed E-state index contributed by atoms with van der Waals surface area (Å²) in [4.78, 5) is 6.83. The average molecular weight is 273 g/mol. The topological polar surface area (TPSA) is 43.6 Å². The van der Waals surface area contributed by atoms with E-state index in [4.69, 9.17) is 0 Å². The van der Waals surface area contributed by atoms with Crippen LogP contribution in [-0.4, -0.2) is 16.0 Å². The summed E-state index contributed by atoms with van der Waals surface area (Å²) in [7, 11) is 0. The molecule has 0 aromatic carbocycles. The molecule has 0 aliphatic heterocycles. The molecule has 2 aromatic rings. The fourth-order valence-corrected chi connectivity index (χ4v) is 2.61. The minimum atomic E-state index is 0.580. The Kier molecular flexibility index (Phi) is 5.33. The predicted octanol–water partition coefficient (Wildman–Crippen LogP) is 5.09. The lowest BCUT2D eigenvalue weighted by Gasteiger charge is -2.17. The standard InChI is InChI=1S/C17H27N3/c1-4-6-8-14(7-5-2)19-17-12-11-16(20-17)15-10-9-13(3)18-15/h9-12,14,18-20H,4-8H2,1-3H3. The maximum absolute atomic E-state index is 3.64. The molecule has 3 nitrogen and oxygen atoms in total. The molecule has 2 rings (SSSR count). The van der Waals surface area contributed by atoms with Gasteiger partial charge in [0.15, 0.2) is 0 Å². The van der Waals surface area contributed by atoms with Crippen molar-refractivity contribution in [1.29, 1.82) is 0 Å². The van der Waals surface area contributed by atoms with Crippen molar-refractivity contribution in [2.24, 2.45) is 0 Å². The second-order valence-corrected chi connectivity index (χ2v) is 5.61. The van der Waals surface area contributed by atoms with Gasteiger partial charge in [-0.15, -0.1) is 0 Å². The molecular formula is C17H27N3. The number of aryl methyl sites for hydroxylation is 1. The normalized spacial score (nSPS) is 12.6. The van der Waals surface area contributed by atoms with Gasteiger partial charge in [-0.05, 0) is 44.0 Å². The minimum absolute atomic E-state index is 0.580. The van der Waals surface area contributed by atoms with Gasteiger partial charge in [0.2, 0.25) is 0 Å². The second-order valence-electron chi connectivity index (χ2n) is 5.61. The molecule has 3 N–H and O–H groups in total. The van der Waals surface area contributed by atoms with Crippen LogP contribution in [0, 0.1) is 6.92 Å². The molecule has 0 saturated heterocycles. The van der Waals surface area contributed by atoms with Crippen LogP contribution in [0.5, 0.6) is 0 Å². The molecule has 0 saturated carbocycles. The fraction of sp³-hybridized carbons (Fsp3) is 0.529. The maximum Gasteiger partial charge on any atom is 0.103 e. The number of hydrogen-bond donors (Lipinski definition) is 3. The van der Waals surface area contributed by atoms with Crippen molar-refractivity contribution >= 4 is 5.82 Å². The average Bonchev–Trinajstić information content (AvgIpc) is 3.05. The molecule has 0 fully saturated rings. The van der Waals surface area contributed by atoms with E-state index in [-0.39, 0.29) is 0 Å². The lowest BCUT2D eigenvalue weighted by atomic mass is 10.1. The van der Waals surface area contributed by atoms with Crippen molar-refractivity contribution in [3.05, 3.63) is 30.0 Å². The van der Waals surface area contributed by atoms with E-state index in [1.165, 1.54) is 37.8 Å². The molecule has 0 aliphatic rings. The molecule has 0 bridgehead atoms. The monoisotopic (exact) mass is 273 g/mol. The van der Waals surface area contributed by atoms with E-state index in [0.717, 1.165) is 17.2 Å². The predicted molar refractivity (Wildman–Crippen MR) is 87.2 cm³/mol. The summed E-state index contributed by atoms with van der Waals surface area (Å²) in [6.07, 6.45) is 6.27. The van der Waals surface area contributed by atoms with E-state index in [1.807, 2.05) is 0 Å². The summed E-state index contributed by atoms with van der Waals surface area (Å²) in [6, 6.07) is 9.07. The number of aromatic amines is 2. The highest BCUT2D eigenvalue weighted by Gasteiger charge is 2.09. The molecule has 3 heteroatoms. The van der Waals surface area contributed by atoms with Crippen LogP contribution in [0.4, 0.5) is 5.82 Å². The van der Waals surface area contributed by atoms with Crippen LogP contribution in [0.15, 0.2) is 24.3 Å². The molecule has 0 amide bonds. The van der Waals surface area contributed by atoms with Crippen LogP contribution in [0.2, 0.25) is 0 Å². The largest absolute Gasteiger partial charge is 0.369 e. The third-order valence-corrected chi connectivity index (χ3v) is 3.71. The first-order valence-electron chi connectivity index (χ1n) is 7.84. The first-order valence-corrected chi connectivity index (χ1v) is 7.84. The van der Waals surface area contributed by atoms with Gasteiger partial charge in [0.25, 0.3) is 0 Å².